The normalized spacial score (nSPS) is 12.6. The predicted molar refractivity (Wildman–Crippen MR) is 212 cm³/mol. The molecule has 290 valence electrons. The summed E-state index contributed by atoms with van der Waals surface area (Å²) in [5.74, 6) is 0.231. The van der Waals surface area contributed by atoms with Crippen LogP contribution in [0.3, 0.4) is 0 Å². The van der Waals surface area contributed by atoms with Crippen LogP contribution in [0.5, 0.6) is 0 Å². The minimum Gasteiger partial charge on any atom is -0.393 e. The van der Waals surface area contributed by atoms with Crippen LogP contribution in [0, 0.1) is 0 Å². The predicted octanol–water partition coefficient (Wildman–Crippen LogP) is 11.4. The molecular weight excluding hydrogens is 620 g/mol. The molecule has 2 atom stereocenters. The number of aliphatic hydroxyl groups excluding tert-OH is 2. The number of unbranched alkanes of at least 4 members (excludes halogenated alkanes) is 20. The SMILES string of the molecule is CCCCCC(O)CCCCCCCCCCCC(=O)NCc1cccc(CNC(=O)CCCCCCCCCCCC(O)CCCCC)c1. The Balaban J connectivity index is 1.97. The number of amides is 2. The number of benzene rings is 1. The van der Waals surface area contributed by atoms with Crippen molar-refractivity contribution < 1.29 is 19.8 Å². The zero-order valence-electron chi connectivity index (χ0n) is 32.8. The number of rotatable bonds is 36. The molecule has 0 aliphatic heterocycles. The van der Waals surface area contributed by atoms with Crippen LogP contribution in [0.4, 0.5) is 0 Å². The fourth-order valence-electron chi connectivity index (χ4n) is 6.78. The lowest BCUT2D eigenvalue weighted by atomic mass is 10.0. The van der Waals surface area contributed by atoms with Crippen molar-refractivity contribution in [2.45, 2.75) is 232 Å². The van der Waals surface area contributed by atoms with Crippen molar-refractivity contribution in [1.82, 2.24) is 10.6 Å². The van der Waals surface area contributed by atoms with E-state index in [1.165, 1.54) is 103 Å². The number of carbonyl (C=O) groups is 2. The molecule has 0 aliphatic rings. The maximum atomic E-state index is 12.4. The Hall–Kier alpha value is -1.92. The summed E-state index contributed by atoms with van der Waals surface area (Å²) < 4.78 is 0. The van der Waals surface area contributed by atoms with Crippen molar-refractivity contribution in [2.24, 2.45) is 0 Å². The monoisotopic (exact) mass is 701 g/mol. The number of nitrogens with one attached hydrogen (secondary N) is 2. The van der Waals surface area contributed by atoms with E-state index < -0.39 is 0 Å². The van der Waals surface area contributed by atoms with Crippen molar-refractivity contribution in [3.05, 3.63) is 35.4 Å². The van der Waals surface area contributed by atoms with Gasteiger partial charge in [-0.3, -0.25) is 9.59 Å². The first-order chi connectivity index (χ1) is 24.4. The van der Waals surface area contributed by atoms with Crippen molar-refractivity contribution in [3.63, 3.8) is 0 Å². The Bertz CT molecular complexity index is 854. The van der Waals surface area contributed by atoms with Gasteiger partial charge in [0, 0.05) is 25.9 Å². The summed E-state index contributed by atoms with van der Waals surface area (Å²) in [6.45, 7) is 5.46. The smallest absolute Gasteiger partial charge is 0.220 e. The van der Waals surface area contributed by atoms with E-state index >= 15 is 0 Å². The van der Waals surface area contributed by atoms with Gasteiger partial charge in [-0.1, -0.05) is 179 Å². The van der Waals surface area contributed by atoms with E-state index in [1.807, 2.05) is 18.2 Å². The molecule has 4 N–H and O–H groups in total. The van der Waals surface area contributed by atoms with E-state index in [0.717, 1.165) is 88.2 Å². The third-order valence-electron chi connectivity index (χ3n) is 10.1. The highest BCUT2D eigenvalue weighted by Crippen LogP contribution is 2.16. The highest BCUT2D eigenvalue weighted by molar-refractivity contribution is 5.76. The Morgan fingerprint density at radius 3 is 1.12 bits per heavy atom. The van der Waals surface area contributed by atoms with Gasteiger partial charge in [0.05, 0.1) is 12.2 Å². The molecule has 1 aromatic carbocycles. The molecule has 0 saturated carbocycles. The molecule has 0 aliphatic carbocycles. The van der Waals surface area contributed by atoms with Crippen molar-refractivity contribution in [1.29, 1.82) is 0 Å². The molecule has 6 nitrogen and oxygen atoms in total. The van der Waals surface area contributed by atoms with Crippen LogP contribution in [0.25, 0.3) is 0 Å². The molecular formula is C44H80N2O4. The van der Waals surface area contributed by atoms with Crippen LogP contribution in [-0.2, 0) is 22.7 Å². The summed E-state index contributed by atoms with van der Waals surface area (Å²) in [5, 5.41) is 26.2. The second-order valence-corrected chi connectivity index (χ2v) is 15.1. The fourth-order valence-corrected chi connectivity index (χ4v) is 6.78. The van der Waals surface area contributed by atoms with Crippen molar-refractivity contribution in [2.75, 3.05) is 0 Å². The van der Waals surface area contributed by atoms with Gasteiger partial charge in [0.15, 0.2) is 0 Å². The molecule has 0 heterocycles. The van der Waals surface area contributed by atoms with Gasteiger partial charge in [-0.15, -0.1) is 0 Å². The standard InChI is InChI=1S/C44H80N2O4/c1-3-5-21-30-41(47)32-23-17-13-9-7-11-15-19-25-34-43(49)45-37-39-28-27-29-40(36-39)38-46-44(50)35-26-20-16-12-8-10-14-18-24-33-42(48)31-22-6-4-2/h27-29,36,41-42,47-48H,3-26,30-35,37-38H2,1-2H3,(H,45,49)(H,46,50). The third-order valence-corrected chi connectivity index (χ3v) is 10.1. The lowest BCUT2D eigenvalue weighted by Gasteiger charge is -2.10. The van der Waals surface area contributed by atoms with Gasteiger partial charge >= 0.3 is 0 Å². The zero-order chi connectivity index (χ0) is 36.3. The highest BCUT2D eigenvalue weighted by atomic mass is 16.3. The summed E-state index contributed by atoms with van der Waals surface area (Å²) in [6, 6.07) is 8.13. The second-order valence-electron chi connectivity index (χ2n) is 15.1. The maximum Gasteiger partial charge on any atom is 0.220 e. The largest absolute Gasteiger partial charge is 0.393 e. The van der Waals surface area contributed by atoms with Gasteiger partial charge in [0.25, 0.3) is 0 Å². The first-order valence-electron chi connectivity index (χ1n) is 21.4. The third kappa shape index (κ3) is 29.8. The van der Waals surface area contributed by atoms with Gasteiger partial charge in [0.1, 0.15) is 0 Å². The van der Waals surface area contributed by atoms with E-state index in [1.54, 1.807) is 0 Å². The molecule has 2 unspecified atom stereocenters. The number of carbonyl (C=O) groups excluding carboxylic acids is 2. The lowest BCUT2D eigenvalue weighted by molar-refractivity contribution is -0.122. The Morgan fingerprint density at radius 1 is 0.480 bits per heavy atom. The van der Waals surface area contributed by atoms with Crippen LogP contribution in [0.2, 0.25) is 0 Å². The fraction of sp³-hybridized carbons (Fsp3) is 0.818. The van der Waals surface area contributed by atoms with Crippen LogP contribution in [0.1, 0.15) is 218 Å². The van der Waals surface area contributed by atoms with Gasteiger partial charge in [-0.2, -0.15) is 0 Å². The van der Waals surface area contributed by atoms with Crippen molar-refractivity contribution in [3.8, 4) is 0 Å². The van der Waals surface area contributed by atoms with Crippen LogP contribution in [-0.4, -0.2) is 34.2 Å². The summed E-state index contributed by atoms with van der Waals surface area (Å²) in [5.41, 5.74) is 2.13. The first kappa shape index (κ1) is 46.1. The molecule has 0 bridgehead atoms. The minimum absolute atomic E-state index is 0.0952. The second kappa shape index (κ2) is 34.2. The number of hydrogen-bond acceptors (Lipinski definition) is 4. The molecule has 1 aromatic rings. The zero-order valence-corrected chi connectivity index (χ0v) is 32.8. The summed E-state index contributed by atoms with van der Waals surface area (Å²) in [6.07, 6.45) is 33.5. The topological polar surface area (TPSA) is 98.7 Å². The number of hydrogen-bond donors (Lipinski definition) is 4. The van der Waals surface area contributed by atoms with Gasteiger partial charge in [-0.05, 0) is 49.7 Å². The quantitative estimate of drug-likeness (QED) is 0.0524. The lowest BCUT2D eigenvalue weighted by Crippen LogP contribution is -2.23. The van der Waals surface area contributed by atoms with E-state index in [0.29, 0.717) is 25.9 Å². The number of aliphatic hydroxyl groups is 2. The van der Waals surface area contributed by atoms with E-state index in [2.05, 4.69) is 30.5 Å². The van der Waals surface area contributed by atoms with Crippen LogP contribution in [0.15, 0.2) is 24.3 Å². The minimum atomic E-state index is -0.0952. The van der Waals surface area contributed by atoms with Crippen molar-refractivity contribution >= 4 is 11.8 Å². The Labute approximate surface area is 308 Å². The first-order valence-corrected chi connectivity index (χ1v) is 21.4. The summed E-state index contributed by atoms with van der Waals surface area (Å²) in [4.78, 5) is 24.7. The van der Waals surface area contributed by atoms with E-state index in [4.69, 9.17) is 0 Å². The maximum absolute atomic E-state index is 12.4. The summed E-state index contributed by atoms with van der Waals surface area (Å²) in [7, 11) is 0. The molecule has 0 radical (unpaired) electrons. The van der Waals surface area contributed by atoms with E-state index in [-0.39, 0.29) is 24.0 Å². The molecule has 0 aromatic heterocycles. The van der Waals surface area contributed by atoms with Gasteiger partial charge < -0.3 is 20.8 Å². The molecule has 6 heteroatoms. The summed E-state index contributed by atoms with van der Waals surface area (Å²) >= 11 is 0. The van der Waals surface area contributed by atoms with Gasteiger partial charge in [0.2, 0.25) is 11.8 Å². The highest BCUT2D eigenvalue weighted by Gasteiger charge is 2.07. The Kier molecular flexibility index (Phi) is 31.5. The van der Waals surface area contributed by atoms with Crippen LogP contribution < -0.4 is 10.6 Å². The average molecular weight is 701 g/mol. The molecule has 0 fully saturated rings. The molecule has 0 saturated heterocycles. The molecule has 50 heavy (non-hydrogen) atoms. The molecule has 0 spiro atoms. The Morgan fingerprint density at radius 2 is 0.780 bits per heavy atom. The molecule has 2 amide bonds. The van der Waals surface area contributed by atoms with E-state index in [9.17, 15) is 19.8 Å². The molecule has 1 rings (SSSR count). The average Bonchev–Trinajstić information content (AvgIpc) is 3.11. The van der Waals surface area contributed by atoms with Gasteiger partial charge in [-0.25, -0.2) is 0 Å². The van der Waals surface area contributed by atoms with Crippen LogP contribution >= 0.6 is 0 Å².